The van der Waals surface area contributed by atoms with E-state index >= 15 is 0 Å². The second-order valence-corrected chi connectivity index (χ2v) is 6.89. The molecule has 0 unspecified atom stereocenters. The molecule has 5 heteroatoms. The molecule has 1 aliphatic heterocycles. The molecule has 0 spiro atoms. The molecule has 1 fully saturated rings. The van der Waals surface area contributed by atoms with E-state index in [1.165, 1.54) is 18.4 Å². The van der Waals surface area contributed by atoms with Crippen LogP contribution in [0, 0.1) is 5.92 Å². The number of hydrogen-bond donors (Lipinski definition) is 2. The number of nitrogens with zero attached hydrogens (tertiary/aromatic N) is 2. The quantitative estimate of drug-likeness (QED) is 0.815. The smallest absolute Gasteiger partial charge is 0.251 e. The first-order valence-electron chi connectivity index (χ1n) is 9.34. The number of piperidine rings is 1. The number of hydrogen-bond acceptors (Lipinski definition) is 3. The van der Waals surface area contributed by atoms with Crippen LogP contribution in [-0.2, 0) is 19.5 Å². The maximum absolute atomic E-state index is 12.4. The minimum Gasteiger partial charge on any atom is -0.348 e. The summed E-state index contributed by atoms with van der Waals surface area (Å²) in [6.45, 7) is 5.76. The van der Waals surface area contributed by atoms with Crippen LogP contribution in [-0.4, -0.2) is 28.8 Å². The van der Waals surface area contributed by atoms with Crippen molar-refractivity contribution < 1.29 is 4.79 Å². The van der Waals surface area contributed by atoms with Crippen LogP contribution in [0.1, 0.15) is 47.7 Å². The van der Waals surface area contributed by atoms with E-state index in [1.807, 2.05) is 35.3 Å². The van der Waals surface area contributed by atoms with Crippen molar-refractivity contribution >= 4 is 5.91 Å². The zero-order valence-corrected chi connectivity index (χ0v) is 15.0. The van der Waals surface area contributed by atoms with Gasteiger partial charge in [0.15, 0.2) is 0 Å². The molecule has 0 aliphatic carbocycles. The summed E-state index contributed by atoms with van der Waals surface area (Å²) in [6, 6.07) is 8.05. The van der Waals surface area contributed by atoms with E-state index in [2.05, 4.69) is 28.7 Å². The van der Waals surface area contributed by atoms with Gasteiger partial charge < -0.3 is 10.6 Å². The second kappa shape index (κ2) is 8.81. The van der Waals surface area contributed by atoms with Gasteiger partial charge in [0.1, 0.15) is 0 Å². The monoisotopic (exact) mass is 340 g/mol. The Morgan fingerprint density at radius 3 is 2.96 bits per heavy atom. The second-order valence-electron chi connectivity index (χ2n) is 6.89. The molecule has 25 heavy (non-hydrogen) atoms. The van der Waals surface area contributed by atoms with E-state index in [0.717, 1.165) is 49.5 Å². The van der Waals surface area contributed by atoms with E-state index in [0.29, 0.717) is 6.54 Å². The van der Waals surface area contributed by atoms with Crippen LogP contribution in [0.3, 0.4) is 0 Å². The van der Waals surface area contributed by atoms with Gasteiger partial charge in [0.25, 0.3) is 5.91 Å². The molecule has 5 nitrogen and oxygen atoms in total. The molecular formula is C20H28N4O. The van der Waals surface area contributed by atoms with Crippen molar-refractivity contribution in [1.82, 2.24) is 20.4 Å². The topological polar surface area (TPSA) is 59.0 Å². The molecule has 1 aromatic heterocycles. The van der Waals surface area contributed by atoms with Crippen molar-refractivity contribution in [2.24, 2.45) is 5.92 Å². The summed E-state index contributed by atoms with van der Waals surface area (Å²) in [7, 11) is 0. The summed E-state index contributed by atoms with van der Waals surface area (Å²) < 4.78 is 1.92. The molecule has 2 N–H and O–H groups in total. The van der Waals surface area contributed by atoms with Crippen molar-refractivity contribution in [2.45, 2.75) is 45.7 Å². The fraction of sp³-hybridized carbons (Fsp3) is 0.500. The van der Waals surface area contributed by atoms with Crippen LogP contribution < -0.4 is 10.6 Å². The molecule has 1 aliphatic rings. The zero-order valence-electron chi connectivity index (χ0n) is 15.0. The van der Waals surface area contributed by atoms with E-state index < -0.39 is 0 Å². The summed E-state index contributed by atoms with van der Waals surface area (Å²) in [5.41, 5.74) is 3.04. The van der Waals surface area contributed by atoms with E-state index in [-0.39, 0.29) is 5.91 Å². The average Bonchev–Trinajstić information content (AvgIpc) is 3.09. The van der Waals surface area contributed by atoms with Gasteiger partial charge in [-0.05, 0) is 62.4 Å². The third-order valence-electron chi connectivity index (χ3n) is 4.76. The van der Waals surface area contributed by atoms with Crippen LogP contribution in [0.5, 0.6) is 0 Å². The lowest BCUT2D eigenvalue weighted by atomic mass is 9.90. The minimum absolute atomic E-state index is 0.0181. The lowest BCUT2D eigenvalue weighted by Gasteiger charge is -2.22. The summed E-state index contributed by atoms with van der Waals surface area (Å²) in [6.07, 6.45) is 8.38. The number of amides is 1. The van der Waals surface area contributed by atoms with E-state index in [1.54, 1.807) is 0 Å². The Kier molecular flexibility index (Phi) is 6.23. The molecule has 1 aromatic carbocycles. The molecule has 3 rings (SSSR count). The van der Waals surface area contributed by atoms with Gasteiger partial charge in [-0.1, -0.05) is 19.1 Å². The number of aryl methyl sites for hydroxylation is 1. The Morgan fingerprint density at radius 1 is 1.32 bits per heavy atom. The number of carbonyl (C=O) groups excluding carboxylic acids is 1. The van der Waals surface area contributed by atoms with Gasteiger partial charge in [0, 0.05) is 30.4 Å². The van der Waals surface area contributed by atoms with Crippen LogP contribution >= 0.6 is 0 Å². The standard InChI is InChI=1S/C20H28N4O/c1-2-10-24-15-18(14-23-24)13-22-20(25)19-5-3-4-17(12-19)11-16-6-8-21-9-7-16/h3-5,12,14-16,21H,2,6-11,13H2,1H3,(H,22,25). The van der Waals surface area contributed by atoms with Crippen molar-refractivity contribution in [3.63, 3.8) is 0 Å². The molecule has 2 heterocycles. The van der Waals surface area contributed by atoms with Crippen molar-refractivity contribution in [3.05, 3.63) is 53.3 Å². The molecule has 0 radical (unpaired) electrons. The number of aromatic nitrogens is 2. The average molecular weight is 340 g/mol. The van der Waals surface area contributed by atoms with Gasteiger partial charge in [-0.3, -0.25) is 9.48 Å². The number of nitrogens with one attached hydrogen (secondary N) is 2. The minimum atomic E-state index is -0.0181. The highest BCUT2D eigenvalue weighted by Gasteiger charge is 2.14. The van der Waals surface area contributed by atoms with Gasteiger partial charge in [0.05, 0.1) is 6.20 Å². The van der Waals surface area contributed by atoms with Crippen LogP contribution in [0.15, 0.2) is 36.7 Å². The predicted molar refractivity (Wildman–Crippen MR) is 99.4 cm³/mol. The van der Waals surface area contributed by atoms with Crippen LogP contribution in [0.2, 0.25) is 0 Å². The van der Waals surface area contributed by atoms with Crippen molar-refractivity contribution in [3.8, 4) is 0 Å². The SMILES string of the molecule is CCCn1cc(CNC(=O)c2cccc(CC3CCNCC3)c2)cn1. The summed E-state index contributed by atoms with van der Waals surface area (Å²) >= 11 is 0. The highest BCUT2D eigenvalue weighted by Crippen LogP contribution is 2.18. The molecule has 2 aromatic rings. The Hall–Kier alpha value is -2.14. The van der Waals surface area contributed by atoms with Gasteiger partial charge in [-0.15, -0.1) is 0 Å². The first kappa shape index (κ1) is 17.7. The van der Waals surface area contributed by atoms with Gasteiger partial charge in [-0.25, -0.2) is 0 Å². The zero-order chi connectivity index (χ0) is 17.5. The number of rotatable bonds is 7. The maximum atomic E-state index is 12.4. The van der Waals surface area contributed by atoms with Gasteiger partial charge >= 0.3 is 0 Å². The summed E-state index contributed by atoms with van der Waals surface area (Å²) in [4.78, 5) is 12.4. The first-order valence-corrected chi connectivity index (χ1v) is 9.34. The summed E-state index contributed by atoms with van der Waals surface area (Å²) in [5.74, 6) is 0.708. The maximum Gasteiger partial charge on any atom is 0.251 e. The molecule has 134 valence electrons. The van der Waals surface area contributed by atoms with E-state index in [9.17, 15) is 4.79 Å². The summed E-state index contributed by atoms with van der Waals surface area (Å²) in [5, 5.41) is 10.7. The van der Waals surface area contributed by atoms with Crippen molar-refractivity contribution in [1.29, 1.82) is 0 Å². The predicted octanol–water partition coefficient (Wildman–Crippen LogP) is 2.77. The van der Waals surface area contributed by atoms with Crippen LogP contribution in [0.25, 0.3) is 0 Å². The van der Waals surface area contributed by atoms with Gasteiger partial charge in [-0.2, -0.15) is 5.10 Å². The fourth-order valence-corrected chi connectivity index (χ4v) is 3.39. The highest BCUT2D eigenvalue weighted by atomic mass is 16.1. The Bertz CT molecular complexity index is 689. The molecule has 0 bridgehead atoms. The Labute approximate surface area is 149 Å². The van der Waals surface area contributed by atoms with Crippen molar-refractivity contribution in [2.75, 3.05) is 13.1 Å². The lowest BCUT2D eigenvalue weighted by molar-refractivity contribution is 0.0950. The lowest BCUT2D eigenvalue weighted by Crippen LogP contribution is -2.28. The fourth-order valence-electron chi connectivity index (χ4n) is 3.39. The van der Waals surface area contributed by atoms with Gasteiger partial charge in [0.2, 0.25) is 0 Å². The third-order valence-corrected chi connectivity index (χ3v) is 4.76. The number of benzene rings is 1. The molecule has 0 saturated carbocycles. The molecule has 0 atom stereocenters. The molecule has 1 amide bonds. The van der Waals surface area contributed by atoms with E-state index in [4.69, 9.17) is 0 Å². The normalized spacial score (nSPS) is 15.2. The molecule has 1 saturated heterocycles. The first-order chi connectivity index (χ1) is 12.2. The highest BCUT2D eigenvalue weighted by molar-refractivity contribution is 5.94. The number of carbonyl (C=O) groups is 1. The largest absolute Gasteiger partial charge is 0.348 e. The third kappa shape index (κ3) is 5.16. The van der Waals surface area contributed by atoms with Crippen LogP contribution in [0.4, 0.5) is 0 Å². The molecular weight excluding hydrogens is 312 g/mol. The Morgan fingerprint density at radius 2 is 2.16 bits per heavy atom. The Balaban J connectivity index is 1.55.